The van der Waals surface area contributed by atoms with Crippen molar-refractivity contribution in [3.63, 3.8) is 0 Å². The molecule has 0 amide bonds. The maximum Gasteiger partial charge on any atom is 0.167 e. The summed E-state index contributed by atoms with van der Waals surface area (Å²) in [6, 6.07) is 3.66. The van der Waals surface area contributed by atoms with Crippen molar-refractivity contribution >= 4 is 0 Å². The molecule has 1 saturated carbocycles. The van der Waals surface area contributed by atoms with Crippen LogP contribution in [0.1, 0.15) is 26.2 Å². The lowest BCUT2D eigenvalue weighted by Crippen LogP contribution is -1.96. The molecule has 0 aromatic carbocycles. The van der Waals surface area contributed by atoms with Crippen LogP contribution in [0.25, 0.3) is 0 Å². The van der Waals surface area contributed by atoms with E-state index >= 15 is 0 Å². The first-order valence-electron chi connectivity index (χ1n) is 4.01. The van der Waals surface area contributed by atoms with Crippen molar-refractivity contribution in [2.75, 3.05) is 0 Å². The summed E-state index contributed by atoms with van der Waals surface area (Å²) in [4.78, 5) is 0. The number of allylic oxidation sites excluding steroid dienone is 2. The van der Waals surface area contributed by atoms with Crippen molar-refractivity contribution < 1.29 is 4.74 Å². The van der Waals surface area contributed by atoms with E-state index in [1.807, 2.05) is 19.1 Å². The fourth-order valence-electron chi connectivity index (χ4n) is 0.856. The third-order valence-corrected chi connectivity index (χ3v) is 1.66. The first-order chi connectivity index (χ1) is 5.81. The number of rotatable bonds is 3. The molecule has 62 valence electrons. The van der Waals surface area contributed by atoms with Crippen LogP contribution in [0.3, 0.4) is 0 Å². The Balaban J connectivity index is 2.70. The van der Waals surface area contributed by atoms with E-state index in [-0.39, 0.29) is 11.7 Å². The van der Waals surface area contributed by atoms with Gasteiger partial charge in [-0.15, -0.1) is 0 Å². The third kappa shape index (κ3) is 2.00. The SMILES string of the molecule is CCC(OC1CC1)=C(C#N)C#N. The molecule has 0 spiro atoms. The summed E-state index contributed by atoms with van der Waals surface area (Å²) in [6.45, 7) is 1.88. The van der Waals surface area contributed by atoms with E-state index in [1.54, 1.807) is 0 Å². The van der Waals surface area contributed by atoms with Crippen LogP contribution in [-0.2, 0) is 4.74 Å². The first-order valence-corrected chi connectivity index (χ1v) is 4.01. The molecule has 0 aromatic rings. The molecule has 1 fully saturated rings. The first kappa shape index (κ1) is 8.62. The molecular weight excluding hydrogens is 152 g/mol. The lowest BCUT2D eigenvalue weighted by molar-refractivity contribution is 0.188. The van der Waals surface area contributed by atoms with Gasteiger partial charge in [-0.1, -0.05) is 6.92 Å². The van der Waals surface area contributed by atoms with Crippen molar-refractivity contribution in [3.05, 3.63) is 11.3 Å². The van der Waals surface area contributed by atoms with Crippen molar-refractivity contribution in [2.45, 2.75) is 32.3 Å². The molecule has 0 radical (unpaired) electrons. The molecule has 3 heteroatoms. The van der Waals surface area contributed by atoms with Gasteiger partial charge in [0, 0.05) is 6.42 Å². The lowest BCUT2D eigenvalue weighted by atomic mass is 10.2. The predicted octanol–water partition coefficient (Wildman–Crippen LogP) is 1.88. The highest BCUT2D eigenvalue weighted by Crippen LogP contribution is 2.28. The summed E-state index contributed by atoms with van der Waals surface area (Å²) < 4.78 is 5.39. The highest BCUT2D eigenvalue weighted by atomic mass is 16.5. The second-order valence-corrected chi connectivity index (χ2v) is 2.69. The zero-order valence-electron chi connectivity index (χ0n) is 7.00. The molecule has 1 aliphatic carbocycles. The van der Waals surface area contributed by atoms with Crippen LogP contribution in [0.15, 0.2) is 11.3 Å². The minimum atomic E-state index is 0.115. The third-order valence-electron chi connectivity index (χ3n) is 1.66. The van der Waals surface area contributed by atoms with E-state index < -0.39 is 0 Å². The molecule has 12 heavy (non-hydrogen) atoms. The minimum absolute atomic E-state index is 0.115. The smallest absolute Gasteiger partial charge is 0.167 e. The summed E-state index contributed by atoms with van der Waals surface area (Å²) in [7, 11) is 0. The predicted molar refractivity (Wildman–Crippen MR) is 42.7 cm³/mol. The molecule has 0 atom stereocenters. The van der Waals surface area contributed by atoms with Gasteiger partial charge in [-0.25, -0.2) is 0 Å². The van der Waals surface area contributed by atoms with Gasteiger partial charge in [0.2, 0.25) is 0 Å². The van der Waals surface area contributed by atoms with Crippen LogP contribution < -0.4 is 0 Å². The topological polar surface area (TPSA) is 56.8 Å². The van der Waals surface area contributed by atoms with Gasteiger partial charge in [0.15, 0.2) is 5.57 Å². The molecule has 0 aromatic heterocycles. The summed E-state index contributed by atoms with van der Waals surface area (Å²) >= 11 is 0. The second-order valence-electron chi connectivity index (χ2n) is 2.69. The van der Waals surface area contributed by atoms with Crippen LogP contribution in [0.4, 0.5) is 0 Å². The van der Waals surface area contributed by atoms with E-state index in [0.717, 1.165) is 12.8 Å². The van der Waals surface area contributed by atoms with Crippen LogP contribution in [0, 0.1) is 22.7 Å². The Morgan fingerprint density at radius 2 is 2.00 bits per heavy atom. The van der Waals surface area contributed by atoms with E-state index in [4.69, 9.17) is 15.3 Å². The average Bonchev–Trinajstić information content (AvgIpc) is 2.88. The molecular formula is C9H10N2O. The average molecular weight is 162 g/mol. The van der Waals surface area contributed by atoms with E-state index in [9.17, 15) is 0 Å². The molecule has 0 saturated heterocycles. The summed E-state index contributed by atoms with van der Waals surface area (Å²) in [5.41, 5.74) is 0.115. The van der Waals surface area contributed by atoms with Gasteiger partial charge in [-0.3, -0.25) is 0 Å². The van der Waals surface area contributed by atoms with Gasteiger partial charge in [0.1, 0.15) is 17.9 Å². The van der Waals surface area contributed by atoms with E-state index in [0.29, 0.717) is 12.2 Å². The Labute approximate surface area is 71.9 Å². The molecule has 0 bridgehead atoms. The minimum Gasteiger partial charge on any atom is -0.493 e. The largest absolute Gasteiger partial charge is 0.493 e. The highest BCUT2D eigenvalue weighted by molar-refractivity contribution is 5.37. The highest BCUT2D eigenvalue weighted by Gasteiger charge is 2.25. The summed E-state index contributed by atoms with van der Waals surface area (Å²) in [5.74, 6) is 0.544. The van der Waals surface area contributed by atoms with Crippen molar-refractivity contribution in [1.82, 2.24) is 0 Å². The van der Waals surface area contributed by atoms with Gasteiger partial charge in [-0.05, 0) is 12.8 Å². The van der Waals surface area contributed by atoms with Crippen LogP contribution in [0.2, 0.25) is 0 Å². The number of hydrogen-bond donors (Lipinski definition) is 0. The lowest BCUT2D eigenvalue weighted by Gasteiger charge is -2.05. The molecule has 0 aliphatic heterocycles. The standard InChI is InChI=1S/C9H10N2O/c1-2-9(7(5-10)6-11)12-8-3-4-8/h8H,2-4H2,1H3. The van der Waals surface area contributed by atoms with Gasteiger partial charge in [-0.2, -0.15) is 10.5 Å². The molecule has 3 nitrogen and oxygen atoms in total. The zero-order valence-corrected chi connectivity index (χ0v) is 7.00. The number of ether oxygens (including phenoxy) is 1. The quantitative estimate of drug-likeness (QED) is 0.470. The molecule has 1 rings (SSSR count). The number of hydrogen-bond acceptors (Lipinski definition) is 3. The van der Waals surface area contributed by atoms with Crippen LogP contribution >= 0.6 is 0 Å². The van der Waals surface area contributed by atoms with Crippen molar-refractivity contribution in [3.8, 4) is 12.1 Å². The van der Waals surface area contributed by atoms with E-state index in [1.165, 1.54) is 0 Å². The number of nitrogens with zero attached hydrogens (tertiary/aromatic N) is 2. The fraction of sp³-hybridized carbons (Fsp3) is 0.556. The molecule has 1 aliphatic rings. The second kappa shape index (κ2) is 3.78. The Bertz CT molecular complexity index is 260. The summed E-state index contributed by atoms with van der Waals surface area (Å²) in [6.07, 6.45) is 2.98. The maximum atomic E-state index is 8.55. The van der Waals surface area contributed by atoms with E-state index in [2.05, 4.69) is 0 Å². The van der Waals surface area contributed by atoms with Crippen LogP contribution in [-0.4, -0.2) is 6.10 Å². The summed E-state index contributed by atoms with van der Waals surface area (Å²) in [5, 5.41) is 17.1. The fourth-order valence-corrected chi connectivity index (χ4v) is 0.856. The van der Waals surface area contributed by atoms with Gasteiger partial charge in [0.25, 0.3) is 0 Å². The Kier molecular flexibility index (Phi) is 2.71. The van der Waals surface area contributed by atoms with Crippen molar-refractivity contribution in [1.29, 1.82) is 10.5 Å². The zero-order chi connectivity index (χ0) is 8.97. The molecule has 0 N–H and O–H groups in total. The monoisotopic (exact) mass is 162 g/mol. The molecule has 0 unspecified atom stereocenters. The maximum absolute atomic E-state index is 8.55. The van der Waals surface area contributed by atoms with Gasteiger partial charge < -0.3 is 4.74 Å². The number of nitriles is 2. The Hall–Kier alpha value is -1.48. The van der Waals surface area contributed by atoms with Gasteiger partial charge in [0.05, 0.1) is 6.10 Å². The van der Waals surface area contributed by atoms with Crippen molar-refractivity contribution in [2.24, 2.45) is 0 Å². The Morgan fingerprint density at radius 1 is 1.42 bits per heavy atom. The molecule has 0 heterocycles. The van der Waals surface area contributed by atoms with Gasteiger partial charge >= 0.3 is 0 Å². The van der Waals surface area contributed by atoms with Crippen LogP contribution in [0.5, 0.6) is 0 Å². The normalized spacial score (nSPS) is 14.2. The Morgan fingerprint density at radius 3 is 2.33 bits per heavy atom.